The summed E-state index contributed by atoms with van der Waals surface area (Å²) in [4.78, 5) is 14.1. The van der Waals surface area contributed by atoms with Gasteiger partial charge < -0.3 is 5.11 Å². The molecule has 1 aromatic carbocycles. The first-order chi connectivity index (χ1) is 9.70. The van der Waals surface area contributed by atoms with E-state index in [0.29, 0.717) is 10.6 Å². The average molecular weight is 386 g/mol. The van der Waals surface area contributed by atoms with E-state index in [1.165, 1.54) is 0 Å². The SMILES string of the molecule is O=c1[nH]c(Br)c(-c2ccc(Cl)cc2)n1CC(O)C(F)(F)F. The average Bonchev–Trinajstić information content (AvgIpc) is 2.64. The molecule has 0 saturated carbocycles. The van der Waals surface area contributed by atoms with Crippen molar-refractivity contribution in [2.45, 2.75) is 18.8 Å². The second-order valence-corrected chi connectivity index (χ2v) is 5.50. The molecule has 4 nitrogen and oxygen atoms in total. The Morgan fingerprint density at radius 1 is 1.33 bits per heavy atom. The van der Waals surface area contributed by atoms with Crippen LogP contribution in [-0.4, -0.2) is 26.9 Å². The Hall–Kier alpha value is -1.25. The third-order valence-corrected chi connectivity index (χ3v) is 3.62. The molecule has 0 bridgehead atoms. The summed E-state index contributed by atoms with van der Waals surface area (Å²) < 4.78 is 38.4. The lowest BCUT2D eigenvalue weighted by Gasteiger charge is -2.16. The first-order valence-electron chi connectivity index (χ1n) is 5.69. The largest absolute Gasteiger partial charge is 0.416 e. The van der Waals surface area contributed by atoms with Crippen LogP contribution in [0.4, 0.5) is 13.2 Å². The molecule has 2 N–H and O–H groups in total. The molecule has 0 aliphatic rings. The molecule has 9 heteroatoms. The van der Waals surface area contributed by atoms with Crippen LogP contribution in [0.1, 0.15) is 0 Å². The van der Waals surface area contributed by atoms with E-state index in [0.717, 1.165) is 4.57 Å². The van der Waals surface area contributed by atoms with Gasteiger partial charge in [0.1, 0.15) is 4.60 Å². The fourth-order valence-electron chi connectivity index (χ4n) is 1.78. The van der Waals surface area contributed by atoms with E-state index in [2.05, 4.69) is 20.9 Å². The van der Waals surface area contributed by atoms with Crippen molar-refractivity contribution in [1.82, 2.24) is 9.55 Å². The number of hydrogen-bond acceptors (Lipinski definition) is 2. The highest BCUT2D eigenvalue weighted by Crippen LogP contribution is 2.29. The van der Waals surface area contributed by atoms with Crippen LogP contribution in [-0.2, 0) is 6.54 Å². The number of rotatable bonds is 3. The zero-order valence-corrected chi connectivity index (χ0v) is 12.6. The van der Waals surface area contributed by atoms with Gasteiger partial charge in [0.25, 0.3) is 0 Å². The van der Waals surface area contributed by atoms with E-state index in [4.69, 9.17) is 16.7 Å². The summed E-state index contributed by atoms with van der Waals surface area (Å²) in [5, 5.41) is 9.61. The predicted octanol–water partition coefficient (Wildman–Crippen LogP) is 3.18. The number of nitrogens with one attached hydrogen (secondary N) is 1. The normalized spacial score (nSPS) is 13.4. The summed E-state index contributed by atoms with van der Waals surface area (Å²) in [6.07, 6.45) is -7.44. The number of nitrogens with zero attached hydrogens (tertiary/aromatic N) is 1. The van der Waals surface area contributed by atoms with Gasteiger partial charge in [-0.25, -0.2) is 4.79 Å². The standard InChI is InChI=1S/C12H9BrClF3N2O2/c13-10-9(6-1-3-7(14)4-2-6)19(11(21)18-10)5-8(20)12(15,16)17/h1-4,8,20H,5H2,(H,18,21). The Morgan fingerprint density at radius 3 is 2.43 bits per heavy atom. The first kappa shape index (κ1) is 16.1. The molecule has 114 valence electrons. The fraction of sp³-hybridized carbons (Fsp3) is 0.250. The second-order valence-electron chi connectivity index (χ2n) is 4.27. The van der Waals surface area contributed by atoms with E-state index in [1.54, 1.807) is 24.3 Å². The van der Waals surface area contributed by atoms with E-state index in [9.17, 15) is 18.0 Å². The van der Waals surface area contributed by atoms with Crippen LogP contribution in [0.15, 0.2) is 33.7 Å². The van der Waals surface area contributed by atoms with Gasteiger partial charge in [-0.15, -0.1) is 0 Å². The molecular weight excluding hydrogens is 376 g/mol. The minimum Gasteiger partial charge on any atom is -0.382 e. The molecule has 0 fully saturated rings. The molecule has 0 saturated heterocycles. The quantitative estimate of drug-likeness (QED) is 0.853. The topological polar surface area (TPSA) is 58.0 Å². The van der Waals surface area contributed by atoms with Crippen LogP contribution in [0, 0.1) is 0 Å². The van der Waals surface area contributed by atoms with E-state index in [-0.39, 0.29) is 10.3 Å². The predicted molar refractivity (Wildman–Crippen MR) is 75.3 cm³/mol. The van der Waals surface area contributed by atoms with Gasteiger partial charge in [0.15, 0.2) is 6.10 Å². The number of aliphatic hydroxyl groups excluding tert-OH is 1. The highest BCUT2D eigenvalue weighted by Gasteiger charge is 2.39. The van der Waals surface area contributed by atoms with E-state index < -0.39 is 24.5 Å². The minimum atomic E-state index is -4.81. The smallest absolute Gasteiger partial charge is 0.382 e. The summed E-state index contributed by atoms with van der Waals surface area (Å²) in [5.74, 6) is 0. The molecule has 0 aliphatic carbocycles. The number of H-pyrrole nitrogens is 1. The molecule has 1 heterocycles. The van der Waals surface area contributed by atoms with Crippen molar-refractivity contribution in [3.63, 3.8) is 0 Å². The highest BCUT2D eigenvalue weighted by molar-refractivity contribution is 9.10. The number of halogens is 5. The summed E-state index contributed by atoms with van der Waals surface area (Å²) in [6.45, 7) is -0.900. The molecule has 0 aliphatic heterocycles. The molecule has 0 spiro atoms. The maximum absolute atomic E-state index is 12.5. The van der Waals surface area contributed by atoms with Gasteiger partial charge in [0.05, 0.1) is 12.2 Å². The summed E-state index contributed by atoms with van der Waals surface area (Å²) >= 11 is 8.84. The van der Waals surface area contributed by atoms with Crippen molar-refractivity contribution < 1.29 is 18.3 Å². The Bertz CT molecular complexity index is 694. The number of aromatic amines is 1. The minimum absolute atomic E-state index is 0.208. The first-order valence-corrected chi connectivity index (χ1v) is 6.86. The Labute approximate surface area is 130 Å². The molecule has 1 aromatic heterocycles. The Morgan fingerprint density at radius 2 is 1.90 bits per heavy atom. The Kier molecular flexibility index (Phi) is 4.50. The van der Waals surface area contributed by atoms with Crippen molar-refractivity contribution in [2.24, 2.45) is 0 Å². The van der Waals surface area contributed by atoms with E-state index >= 15 is 0 Å². The second kappa shape index (κ2) is 5.86. The van der Waals surface area contributed by atoms with Crippen LogP contribution in [0.3, 0.4) is 0 Å². The molecule has 2 rings (SSSR count). The fourth-order valence-corrected chi connectivity index (χ4v) is 2.52. The van der Waals surface area contributed by atoms with Crippen LogP contribution >= 0.6 is 27.5 Å². The highest BCUT2D eigenvalue weighted by atomic mass is 79.9. The van der Waals surface area contributed by atoms with E-state index in [1.807, 2.05) is 0 Å². The van der Waals surface area contributed by atoms with Gasteiger partial charge in [0.2, 0.25) is 0 Å². The van der Waals surface area contributed by atoms with Gasteiger partial charge in [-0.05, 0) is 28.1 Å². The van der Waals surface area contributed by atoms with Gasteiger partial charge >= 0.3 is 11.9 Å². The third-order valence-electron chi connectivity index (χ3n) is 2.79. The number of aromatic nitrogens is 2. The lowest BCUT2D eigenvalue weighted by Crippen LogP contribution is -2.36. The molecule has 21 heavy (non-hydrogen) atoms. The third kappa shape index (κ3) is 3.50. The van der Waals surface area contributed by atoms with Gasteiger partial charge in [-0.1, -0.05) is 23.7 Å². The van der Waals surface area contributed by atoms with Crippen molar-refractivity contribution in [3.8, 4) is 11.3 Å². The lowest BCUT2D eigenvalue weighted by molar-refractivity contribution is -0.207. The summed E-state index contributed by atoms with van der Waals surface area (Å²) in [6, 6.07) is 6.22. The van der Waals surface area contributed by atoms with Crippen molar-refractivity contribution in [1.29, 1.82) is 0 Å². The zero-order chi connectivity index (χ0) is 15.8. The van der Waals surface area contributed by atoms with Crippen molar-refractivity contribution in [2.75, 3.05) is 0 Å². The van der Waals surface area contributed by atoms with Crippen molar-refractivity contribution in [3.05, 3.63) is 44.4 Å². The maximum Gasteiger partial charge on any atom is 0.416 e. The monoisotopic (exact) mass is 384 g/mol. The molecule has 1 atom stereocenters. The van der Waals surface area contributed by atoms with Crippen LogP contribution in [0.25, 0.3) is 11.3 Å². The molecule has 0 amide bonds. The molecule has 1 unspecified atom stereocenters. The molecule has 0 radical (unpaired) electrons. The molecular formula is C12H9BrClF3N2O2. The van der Waals surface area contributed by atoms with Crippen LogP contribution in [0.2, 0.25) is 5.02 Å². The Balaban J connectivity index is 2.47. The van der Waals surface area contributed by atoms with Gasteiger partial charge in [-0.2, -0.15) is 13.2 Å². The number of hydrogen-bond donors (Lipinski definition) is 2. The van der Waals surface area contributed by atoms with Gasteiger partial charge in [0, 0.05) is 10.6 Å². The number of aliphatic hydroxyl groups is 1. The summed E-state index contributed by atoms with van der Waals surface area (Å²) in [5.41, 5.74) is -0.0610. The van der Waals surface area contributed by atoms with Gasteiger partial charge in [-0.3, -0.25) is 9.55 Å². The summed E-state index contributed by atoms with van der Waals surface area (Å²) in [7, 11) is 0. The number of benzene rings is 1. The van der Waals surface area contributed by atoms with Crippen LogP contribution < -0.4 is 5.69 Å². The lowest BCUT2D eigenvalue weighted by atomic mass is 10.1. The number of alkyl halides is 3. The van der Waals surface area contributed by atoms with Crippen molar-refractivity contribution >= 4 is 27.5 Å². The van der Waals surface area contributed by atoms with Crippen LogP contribution in [0.5, 0.6) is 0 Å². The molecule has 2 aromatic rings. The maximum atomic E-state index is 12.5. The number of imidazole rings is 1. The zero-order valence-electron chi connectivity index (χ0n) is 10.3.